The molecule has 0 bridgehead atoms. The van der Waals surface area contributed by atoms with Crippen LogP contribution in [0.1, 0.15) is 38.5 Å². The molecule has 14 heavy (non-hydrogen) atoms. The van der Waals surface area contributed by atoms with E-state index in [0.717, 1.165) is 12.8 Å². The molecule has 0 aliphatic heterocycles. The van der Waals surface area contributed by atoms with Crippen molar-refractivity contribution in [2.75, 3.05) is 6.61 Å². The minimum absolute atomic E-state index is 0.372. The van der Waals surface area contributed by atoms with Gasteiger partial charge in [0, 0.05) is 6.61 Å². The first kappa shape index (κ1) is 12.0. The fraction of sp³-hybridized carbons (Fsp3) is 0.900. The average molecular weight is 265 g/mol. The molecule has 1 saturated carbocycles. The van der Waals surface area contributed by atoms with Gasteiger partial charge in [0.1, 0.15) is 4.83 Å². The van der Waals surface area contributed by atoms with Crippen molar-refractivity contribution >= 4 is 21.9 Å². The molecule has 82 valence electrons. The summed E-state index contributed by atoms with van der Waals surface area (Å²) in [6.07, 6.45) is 7.02. The van der Waals surface area contributed by atoms with E-state index in [9.17, 15) is 4.79 Å². The summed E-state index contributed by atoms with van der Waals surface area (Å²) in [7, 11) is 0. The number of carboxylic acid groups (broad SMARTS) is 1. The van der Waals surface area contributed by atoms with Crippen LogP contribution in [0.2, 0.25) is 0 Å². The summed E-state index contributed by atoms with van der Waals surface area (Å²) in [5, 5.41) is 8.62. The standard InChI is InChI=1S/C10H17BrO3/c11-9(10(12)13)6-7-14-8-4-2-1-3-5-8/h8-9H,1-7H2,(H,12,13). The zero-order chi connectivity index (χ0) is 10.4. The summed E-state index contributed by atoms with van der Waals surface area (Å²) < 4.78 is 5.61. The molecular weight excluding hydrogens is 248 g/mol. The molecule has 1 atom stereocenters. The minimum Gasteiger partial charge on any atom is -0.480 e. The van der Waals surface area contributed by atoms with Crippen molar-refractivity contribution in [2.45, 2.75) is 49.5 Å². The van der Waals surface area contributed by atoms with Crippen molar-refractivity contribution in [1.29, 1.82) is 0 Å². The quantitative estimate of drug-likeness (QED) is 0.777. The lowest BCUT2D eigenvalue weighted by Crippen LogP contribution is -2.20. The van der Waals surface area contributed by atoms with Crippen LogP contribution in [0, 0.1) is 0 Å². The van der Waals surface area contributed by atoms with E-state index in [1.807, 2.05) is 0 Å². The van der Waals surface area contributed by atoms with E-state index in [0.29, 0.717) is 19.1 Å². The summed E-state index contributed by atoms with van der Waals surface area (Å²) >= 11 is 3.09. The van der Waals surface area contributed by atoms with Crippen LogP contribution in [-0.4, -0.2) is 28.6 Å². The predicted octanol–water partition coefficient (Wildman–Crippen LogP) is 2.57. The van der Waals surface area contributed by atoms with Gasteiger partial charge in [-0.3, -0.25) is 4.79 Å². The molecule has 1 N–H and O–H groups in total. The Morgan fingerprint density at radius 3 is 2.64 bits per heavy atom. The Morgan fingerprint density at radius 2 is 2.07 bits per heavy atom. The van der Waals surface area contributed by atoms with E-state index in [2.05, 4.69) is 15.9 Å². The maximum Gasteiger partial charge on any atom is 0.317 e. The lowest BCUT2D eigenvalue weighted by molar-refractivity contribution is -0.136. The van der Waals surface area contributed by atoms with Crippen molar-refractivity contribution in [3.05, 3.63) is 0 Å². The monoisotopic (exact) mass is 264 g/mol. The molecule has 1 aliphatic carbocycles. The minimum atomic E-state index is -0.808. The molecule has 0 radical (unpaired) electrons. The van der Waals surface area contributed by atoms with Crippen LogP contribution in [0.15, 0.2) is 0 Å². The van der Waals surface area contributed by atoms with E-state index in [-0.39, 0.29) is 0 Å². The topological polar surface area (TPSA) is 46.5 Å². The summed E-state index contributed by atoms with van der Waals surface area (Å²) in [4.78, 5) is 10.0. The summed E-state index contributed by atoms with van der Waals surface area (Å²) in [6.45, 7) is 0.548. The van der Waals surface area contributed by atoms with Crippen molar-refractivity contribution in [3.63, 3.8) is 0 Å². The number of halogens is 1. The second-order valence-corrected chi connectivity index (χ2v) is 4.83. The van der Waals surface area contributed by atoms with Gasteiger partial charge in [0.05, 0.1) is 6.10 Å². The second kappa shape index (κ2) is 6.40. The van der Waals surface area contributed by atoms with Gasteiger partial charge >= 0.3 is 5.97 Å². The van der Waals surface area contributed by atoms with Crippen LogP contribution in [0.25, 0.3) is 0 Å². The highest BCUT2D eigenvalue weighted by Gasteiger charge is 2.16. The van der Waals surface area contributed by atoms with Gasteiger partial charge in [-0.1, -0.05) is 35.2 Å². The molecule has 0 saturated heterocycles. The van der Waals surface area contributed by atoms with Crippen molar-refractivity contribution in [3.8, 4) is 0 Å². The van der Waals surface area contributed by atoms with Gasteiger partial charge in [0.15, 0.2) is 0 Å². The molecule has 1 aliphatic rings. The van der Waals surface area contributed by atoms with Gasteiger partial charge in [-0.15, -0.1) is 0 Å². The summed E-state index contributed by atoms with van der Waals surface area (Å²) in [5.74, 6) is -0.808. The third-order valence-electron chi connectivity index (χ3n) is 2.55. The smallest absolute Gasteiger partial charge is 0.317 e. The molecule has 0 heterocycles. The number of aliphatic carboxylic acids is 1. The first-order chi connectivity index (χ1) is 6.70. The van der Waals surface area contributed by atoms with Crippen LogP contribution in [0.3, 0.4) is 0 Å². The highest BCUT2D eigenvalue weighted by atomic mass is 79.9. The number of carboxylic acids is 1. The van der Waals surface area contributed by atoms with Gasteiger partial charge in [-0.2, -0.15) is 0 Å². The fourth-order valence-electron chi connectivity index (χ4n) is 1.69. The van der Waals surface area contributed by atoms with E-state index in [1.165, 1.54) is 19.3 Å². The van der Waals surface area contributed by atoms with Crippen LogP contribution >= 0.6 is 15.9 Å². The van der Waals surface area contributed by atoms with Gasteiger partial charge in [0.2, 0.25) is 0 Å². The Balaban J connectivity index is 2.05. The molecule has 3 nitrogen and oxygen atoms in total. The Hall–Kier alpha value is -0.0900. The number of ether oxygens (including phenoxy) is 1. The van der Waals surface area contributed by atoms with Crippen molar-refractivity contribution in [1.82, 2.24) is 0 Å². The Bertz CT molecular complexity index is 178. The number of hydrogen-bond donors (Lipinski definition) is 1. The van der Waals surface area contributed by atoms with Crippen LogP contribution in [-0.2, 0) is 9.53 Å². The van der Waals surface area contributed by atoms with Gasteiger partial charge in [-0.25, -0.2) is 0 Å². The Morgan fingerprint density at radius 1 is 1.43 bits per heavy atom. The average Bonchev–Trinajstić information content (AvgIpc) is 2.19. The van der Waals surface area contributed by atoms with Crippen LogP contribution in [0.5, 0.6) is 0 Å². The maximum absolute atomic E-state index is 10.5. The lowest BCUT2D eigenvalue weighted by atomic mass is 9.98. The fourth-order valence-corrected chi connectivity index (χ4v) is 1.88. The Kier molecular flexibility index (Phi) is 5.48. The number of hydrogen-bond acceptors (Lipinski definition) is 2. The number of alkyl halides is 1. The molecule has 1 rings (SSSR count). The molecule has 0 aromatic heterocycles. The SMILES string of the molecule is O=C(O)C(Br)CCOC1CCCCC1. The number of rotatable bonds is 5. The third-order valence-corrected chi connectivity index (χ3v) is 3.39. The van der Waals surface area contributed by atoms with E-state index < -0.39 is 10.8 Å². The van der Waals surface area contributed by atoms with Crippen molar-refractivity contribution < 1.29 is 14.6 Å². The molecule has 1 unspecified atom stereocenters. The van der Waals surface area contributed by atoms with Crippen LogP contribution < -0.4 is 0 Å². The number of carbonyl (C=O) groups is 1. The largest absolute Gasteiger partial charge is 0.480 e. The molecule has 0 aromatic carbocycles. The zero-order valence-corrected chi connectivity index (χ0v) is 9.83. The first-order valence-electron chi connectivity index (χ1n) is 5.18. The molecule has 1 fully saturated rings. The molecule has 0 spiro atoms. The highest BCUT2D eigenvalue weighted by Crippen LogP contribution is 2.20. The highest BCUT2D eigenvalue weighted by molar-refractivity contribution is 9.10. The first-order valence-corrected chi connectivity index (χ1v) is 6.10. The van der Waals surface area contributed by atoms with Crippen LogP contribution in [0.4, 0.5) is 0 Å². The van der Waals surface area contributed by atoms with Gasteiger partial charge < -0.3 is 9.84 Å². The molecule has 4 heteroatoms. The van der Waals surface area contributed by atoms with E-state index >= 15 is 0 Å². The molecular formula is C10H17BrO3. The zero-order valence-electron chi connectivity index (χ0n) is 8.25. The molecule has 0 amide bonds. The second-order valence-electron chi connectivity index (χ2n) is 3.73. The lowest BCUT2D eigenvalue weighted by Gasteiger charge is -2.22. The predicted molar refractivity (Wildman–Crippen MR) is 57.8 cm³/mol. The van der Waals surface area contributed by atoms with Crippen molar-refractivity contribution in [2.24, 2.45) is 0 Å². The van der Waals surface area contributed by atoms with E-state index in [1.54, 1.807) is 0 Å². The third kappa shape index (κ3) is 4.42. The summed E-state index contributed by atoms with van der Waals surface area (Å²) in [6, 6.07) is 0. The maximum atomic E-state index is 10.5. The van der Waals surface area contributed by atoms with Gasteiger partial charge in [0.25, 0.3) is 0 Å². The Labute approximate surface area is 93.0 Å². The molecule has 0 aromatic rings. The van der Waals surface area contributed by atoms with E-state index in [4.69, 9.17) is 9.84 Å². The van der Waals surface area contributed by atoms with Gasteiger partial charge in [-0.05, 0) is 19.3 Å². The summed E-state index contributed by atoms with van der Waals surface area (Å²) in [5.41, 5.74) is 0. The normalized spacial score (nSPS) is 20.6.